The number of carbonyl (C=O) groups excluding carboxylic acids is 1. The summed E-state index contributed by atoms with van der Waals surface area (Å²) in [4.78, 5) is 25.3. The highest BCUT2D eigenvalue weighted by molar-refractivity contribution is 5.95. The van der Waals surface area contributed by atoms with Crippen LogP contribution in [0, 0.1) is 0 Å². The van der Waals surface area contributed by atoms with E-state index in [0.29, 0.717) is 5.56 Å². The fourth-order valence-electron chi connectivity index (χ4n) is 3.34. The van der Waals surface area contributed by atoms with Crippen molar-refractivity contribution in [1.82, 2.24) is 19.3 Å². The van der Waals surface area contributed by atoms with Crippen LogP contribution in [0.2, 0.25) is 0 Å². The SMILES string of the molecule is CN(C)C(=O)c1cccc(-c2cnc3c(N4CCCC4)nccn23)c1. The van der Waals surface area contributed by atoms with Crippen LogP contribution in [0.5, 0.6) is 0 Å². The number of amides is 1. The Morgan fingerprint density at radius 2 is 1.96 bits per heavy atom. The molecule has 6 heteroatoms. The maximum absolute atomic E-state index is 12.2. The van der Waals surface area contributed by atoms with E-state index in [0.717, 1.165) is 35.8 Å². The fraction of sp³-hybridized carbons (Fsp3) is 0.316. The van der Waals surface area contributed by atoms with Crippen molar-refractivity contribution in [2.75, 3.05) is 32.1 Å². The van der Waals surface area contributed by atoms with Crippen LogP contribution in [0.15, 0.2) is 42.9 Å². The van der Waals surface area contributed by atoms with Gasteiger partial charge < -0.3 is 9.80 Å². The van der Waals surface area contributed by atoms with Crippen LogP contribution < -0.4 is 4.90 Å². The first-order chi connectivity index (χ1) is 12.1. The summed E-state index contributed by atoms with van der Waals surface area (Å²) >= 11 is 0. The Labute approximate surface area is 146 Å². The highest BCUT2D eigenvalue weighted by Gasteiger charge is 2.19. The van der Waals surface area contributed by atoms with Gasteiger partial charge in [-0.3, -0.25) is 9.20 Å². The van der Waals surface area contributed by atoms with Crippen molar-refractivity contribution in [2.45, 2.75) is 12.8 Å². The van der Waals surface area contributed by atoms with Crippen molar-refractivity contribution >= 4 is 17.4 Å². The molecule has 4 rings (SSSR count). The molecule has 6 nitrogen and oxygen atoms in total. The number of benzene rings is 1. The predicted molar refractivity (Wildman–Crippen MR) is 97.9 cm³/mol. The fourth-order valence-corrected chi connectivity index (χ4v) is 3.34. The van der Waals surface area contributed by atoms with E-state index in [1.807, 2.05) is 42.9 Å². The quantitative estimate of drug-likeness (QED) is 0.738. The summed E-state index contributed by atoms with van der Waals surface area (Å²) in [6.45, 7) is 2.06. The molecular formula is C19H21N5O. The number of imidazole rings is 1. The molecule has 25 heavy (non-hydrogen) atoms. The molecule has 3 heterocycles. The van der Waals surface area contributed by atoms with Crippen molar-refractivity contribution in [2.24, 2.45) is 0 Å². The minimum atomic E-state index is -0.00454. The van der Waals surface area contributed by atoms with Crippen molar-refractivity contribution in [3.8, 4) is 11.3 Å². The zero-order valence-electron chi connectivity index (χ0n) is 14.5. The van der Waals surface area contributed by atoms with E-state index >= 15 is 0 Å². The molecule has 0 bridgehead atoms. The van der Waals surface area contributed by atoms with Gasteiger partial charge in [0, 0.05) is 50.7 Å². The summed E-state index contributed by atoms with van der Waals surface area (Å²) in [5.41, 5.74) is 3.47. The van der Waals surface area contributed by atoms with E-state index in [4.69, 9.17) is 0 Å². The van der Waals surface area contributed by atoms with Gasteiger partial charge in [-0.1, -0.05) is 12.1 Å². The normalized spacial score (nSPS) is 14.2. The van der Waals surface area contributed by atoms with Gasteiger partial charge in [0.2, 0.25) is 0 Å². The zero-order chi connectivity index (χ0) is 17.4. The minimum absolute atomic E-state index is 0.00454. The molecule has 1 fully saturated rings. The van der Waals surface area contributed by atoms with Gasteiger partial charge >= 0.3 is 0 Å². The van der Waals surface area contributed by atoms with Crippen LogP contribution in [-0.2, 0) is 0 Å². The maximum atomic E-state index is 12.2. The number of aromatic nitrogens is 3. The summed E-state index contributed by atoms with van der Waals surface area (Å²) in [6, 6.07) is 7.67. The molecule has 0 aliphatic carbocycles. The molecule has 0 N–H and O–H groups in total. The van der Waals surface area contributed by atoms with Crippen LogP contribution in [0.4, 0.5) is 5.82 Å². The smallest absolute Gasteiger partial charge is 0.253 e. The van der Waals surface area contributed by atoms with Crippen LogP contribution in [0.3, 0.4) is 0 Å². The minimum Gasteiger partial charge on any atom is -0.354 e. The van der Waals surface area contributed by atoms with E-state index in [1.54, 1.807) is 19.0 Å². The average Bonchev–Trinajstić information content (AvgIpc) is 3.30. The second-order valence-electron chi connectivity index (χ2n) is 6.56. The molecule has 1 aromatic carbocycles. The third-order valence-electron chi connectivity index (χ3n) is 4.63. The van der Waals surface area contributed by atoms with Crippen molar-refractivity contribution in [1.29, 1.82) is 0 Å². The summed E-state index contributed by atoms with van der Waals surface area (Å²) in [6.07, 6.45) is 8.00. The topological polar surface area (TPSA) is 53.7 Å². The summed E-state index contributed by atoms with van der Waals surface area (Å²) in [5, 5.41) is 0. The van der Waals surface area contributed by atoms with E-state index in [-0.39, 0.29) is 5.91 Å². The lowest BCUT2D eigenvalue weighted by atomic mass is 10.1. The number of nitrogens with zero attached hydrogens (tertiary/aromatic N) is 5. The molecule has 0 unspecified atom stereocenters. The largest absolute Gasteiger partial charge is 0.354 e. The summed E-state index contributed by atoms with van der Waals surface area (Å²) in [7, 11) is 3.52. The monoisotopic (exact) mass is 335 g/mol. The Hall–Kier alpha value is -2.89. The van der Waals surface area contributed by atoms with Gasteiger partial charge in [-0.2, -0.15) is 0 Å². The van der Waals surface area contributed by atoms with Crippen LogP contribution >= 0.6 is 0 Å². The second-order valence-corrected chi connectivity index (χ2v) is 6.56. The summed E-state index contributed by atoms with van der Waals surface area (Å²) in [5.74, 6) is 0.932. The number of carbonyl (C=O) groups is 1. The van der Waals surface area contributed by atoms with E-state index in [2.05, 4.69) is 19.3 Å². The first-order valence-electron chi connectivity index (χ1n) is 8.54. The first kappa shape index (κ1) is 15.6. The van der Waals surface area contributed by atoms with Gasteiger partial charge in [-0.15, -0.1) is 0 Å². The maximum Gasteiger partial charge on any atom is 0.253 e. The number of anilines is 1. The second kappa shape index (κ2) is 6.20. The molecule has 1 amide bonds. The lowest BCUT2D eigenvalue weighted by molar-refractivity contribution is 0.0827. The zero-order valence-corrected chi connectivity index (χ0v) is 14.5. The van der Waals surface area contributed by atoms with Gasteiger partial charge in [0.15, 0.2) is 11.5 Å². The van der Waals surface area contributed by atoms with Gasteiger partial charge in [-0.05, 0) is 25.0 Å². The van der Waals surface area contributed by atoms with Gasteiger partial charge in [0.05, 0.1) is 11.9 Å². The lowest BCUT2D eigenvalue weighted by Gasteiger charge is -2.16. The van der Waals surface area contributed by atoms with E-state index in [1.165, 1.54) is 12.8 Å². The molecular weight excluding hydrogens is 314 g/mol. The third-order valence-corrected chi connectivity index (χ3v) is 4.63. The lowest BCUT2D eigenvalue weighted by Crippen LogP contribution is -2.21. The molecule has 0 saturated carbocycles. The number of hydrogen-bond acceptors (Lipinski definition) is 4. The van der Waals surface area contributed by atoms with Crippen LogP contribution in [-0.4, -0.2) is 52.4 Å². The van der Waals surface area contributed by atoms with Crippen LogP contribution in [0.1, 0.15) is 23.2 Å². The molecule has 1 aliphatic heterocycles. The van der Waals surface area contributed by atoms with Gasteiger partial charge in [0.1, 0.15) is 0 Å². The van der Waals surface area contributed by atoms with Gasteiger partial charge in [0.25, 0.3) is 5.91 Å². The van der Waals surface area contributed by atoms with E-state index < -0.39 is 0 Å². The standard InChI is InChI=1S/C19H21N5O/c1-22(2)19(25)15-7-5-6-14(12-15)16-13-21-18-17(20-8-11-24(16)18)23-9-3-4-10-23/h5-8,11-13H,3-4,9-10H2,1-2H3. The molecule has 3 aromatic rings. The predicted octanol–water partition coefficient (Wildman–Crippen LogP) is 2.70. The number of hydrogen-bond donors (Lipinski definition) is 0. The number of rotatable bonds is 3. The molecule has 0 spiro atoms. The van der Waals surface area contributed by atoms with Crippen molar-refractivity contribution in [3.05, 3.63) is 48.4 Å². The molecule has 1 saturated heterocycles. The summed E-state index contributed by atoms with van der Waals surface area (Å²) < 4.78 is 2.06. The van der Waals surface area contributed by atoms with Crippen LogP contribution in [0.25, 0.3) is 16.9 Å². The highest BCUT2D eigenvalue weighted by atomic mass is 16.2. The van der Waals surface area contributed by atoms with Crippen molar-refractivity contribution < 1.29 is 4.79 Å². The average molecular weight is 335 g/mol. The Balaban J connectivity index is 1.79. The Bertz CT molecular complexity index is 924. The molecule has 0 atom stereocenters. The Morgan fingerprint density at radius 3 is 2.72 bits per heavy atom. The Morgan fingerprint density at radius 1 is 1.16 bits per heavy atom. The van der Waals surface area contributed by atoms with Crippen molar-refractivity contribution in [3.63, 3.8) is 0 Å². The molecule has 0 radical (unpaired) electrons. The Kier molecular flexibility index (Phi) is 3.87. The third kappa shape index (κ3) is 2.73. The first-order valence-corrected chi connectivity index (χ1v) is 8.54. The van der Waals surface area contributed by atoms with E-state index in [9.17, 15) is 4.79 Å². The molecule has 2 aromatic heterocycles. The highest BCUT2D eigenvalue weighted by Crippen LogP contribution is 2.27. The molecule has 128 valence electrons. The molecule has 1 aliphatic rings. The van der Waals surface area contributed by atoms with Gasteiger partial charge in [-0.25, -0.2) is 9.97 Å². The number of fused-ring (bicyclic) bond motifs is 1.